The van der Waals surface area contributed by atoms with Crippen LogP contribution in [-0.2, 0) is 16.1 Å². The number of likely N-dealkylation sites (tertiary alicyclic amines) is 1. The molecule has 21 heavy (non-hydrogen) atoms. The summed E-state index contributed by atoms with van der Waals surface area (Å²) in [6.45, 7) is 1.27. The number of piperidine rings is 1. The van der Waals surface area contributed by atoms with E-state index in [4.69, 9.17) is 16.3 Å². The van der Waals surface area contributed by atoms with Crippen LogP contribution in [0.1, 0.15) is 24.8 Å². The zero-order valence-corrected chi connectivity index (χ0v) is 12.5. The SMILES string of the molecule is COC(=O)[C@H]1CCCCN1Cc1ccc([N+](=O)[O-])cc1Cl. The lowest BCUT2D eigenvalue weighted by Crippen LogP contribution is -2.44. The van der Waals surface area contributed by atoms with Gasteiger partial charge in [0.1, 0.15) is 6.04 Å². The smallest absolute Gasteiger partial charge is 0.323 e. The van der Waals surface area contributed by atoms with E-state index in [0.717, 1.165) is 31.4 Å². The average molecular weight is 313 g/mol. The Kier molecular flexibility index (Phi) is 5.14. The van der Waals surface area contributed by atoms with Gasteiger partial charge < -0.3 is 4.74 Å². The molecule has 1 aromatic carbocycles. The number of rotatable bonds is 4. The summed E-state index contributed by atoms with van der Waals surface area (Å²) in [5, 5.41) is 11.1. The minimum Gasteiger partial charge on any atom is -0.468 e. The van der Waals surface area contributed by atoms with Gasteiger partial charge in [0.25, 0.3) is 5.69 Å². The monoisotopic (exact) mass is 312 g/mol. The molecule has 2 rings (SSSR count). The normalized spacial score (nSPS) is 19.2. The van der Waals surface area contributed by atoms with E-state index in [1.165, 1.54) is 19.2 Å². The third-order valence-electron chi connectivity index (χ3n) is 3.71. The van der Waals surface area contributed by atoms with Crippen LogP contribution in [0, 0.1) is 10.1 Å². The number of hydrogen-bond donors (Lipinski definition) is 0. The summed E-state index contributed by atoms with van der Waals surface area (Å²) >= 11 is 6.11. The van der Waals surface area contributed by atoms with Crippen LogP contribution in [0.2, 0.25) is 5.02 Å². The molecule has 6 nitrogen and oxygen atoms in total. The van der Waals surface area contributed by atoms with Crippen molar-refractivity contribution in [3.8, 4) is 0 Å². The Morgan fingerprint density at radius 3 is 2.90 bits per heavy atom. The molecule has 0 bridgehead atoms. The predicted octanol–water partition coefficient (Wildman–Crippen LogP) is 2.78. The van der Waals surface area contributed by atoms with Crippen molar-refractivity contribution in [3.05, 3.63) is 38.9 Å². The van der Waals surface area contributed by atoms with Crippen molar-refractivity contribution in [2.24, 2.45) is 0 Å². The largest absolute Gasteiger partial charge is 0.468 e. The zero-order chi connectivity index (χ0) is 15.4. The van der Waals surface area contributed by atoms with Gasteiger partial charge in [0.2, 0.25) is 0 Å². The number of carbonyl (C=O) groups is 1. The molecule has 0 amide bonds. The molecule has 0 aromatic heterocycles. The highest BCUT2D eigenvalue weighted by Gasteiger charge is 2.29. The Morgan fingerprint density at radius 2 is 2.29 bits per heavy atom. The summed E-state index contributed by atoms with van der Waals surface area (Å²) < 4.78 is 4.84. The fraction of sp³-hybridized carbons (Fsp3) is 0.500. The van der Waals surface area contributed by atoms with Crippen LogP contribution < -0.4 is 0 Å². The second-order valence-corrected chi connectivity index (χ2v) is 5.45. The van der Waals surface area contributed by atoms with Crippen LogP contribution in [0.15, 0.2) is 18.2 Å². The molecule has 0 radical (unpaired) electrons. The predicted molar refractivity (Wildman–Crippen MR) is 78.2 cm³/mol. The molecule has 0 N–H and O–H groups in total. The molecule has 1 aliphatic rings. The van der Waals surface area contributed by atoms with Crippen molar-refractivity contribution in [1.82, 2.24) is 4.90 Å². The van der Waals surface area contributed by atoms with Gasteiger partial charge in [0, 0.05) is 18.7 Å². The molecule has 0 saturated carbocycles. The second-order valence-electron chi connectivity index (χ2n) is 5.04. The van der Waals surface area contributed by atoms with Gasteiger partial charge in [-0.25, -0.2) is 0 Å². The molecule has 1 fully saturated rings. The first-order valence-electron chi connectivity index (χ1n) is 6.77. The van der Waals surface area contributed by atoms with Crippen LogP contribution in [0.3, 0.4) is 0 Å². The maximum Gasteiger partial charge on any atom is 0.323 e. The van der Waals surface area contributed by atoms with Crippen LogP contribution in [0.4, 0.5) is 5.69 Å². The Labute approximate surface area is 127 Å². The van der Waals surface area contributed by atoms with Gasteiger partial charge in [0.05, 0.1) is 17.1 Å². The number of nitrogens with zero attached hydrogens (tertiary/aromatic N) is 2. The van der Waals surface area contributed by atoms with Crippen molar-refractivity contribution < 1.29 is 14.5 Å². The first kappa shape index (κ1) is 15.7. The van der Waals surface area contributed by atoms with Gasteiger partial charge >= 0.3 is 5.97 Å². The van der Waals surface area contributed by atoms with Gasteiger partial charge in [0.15, 0.2) is 0 Å². The van der Waals surface area contributed by atoms with Crippen molar-refractivity contribution in [3.63, 3.8) is 0 Å². The molecule has 1 saturated heterocycles. The standard InChI is InChI=1S/C14H17ClN2O4/c1-21-14(18)13-4-2-3-7-16(13)9-10-5-6-11(17(19)20)8-12(10)15/h5-6,8,13H,2-4,7,9H2,1H3/t13-/m1/s1. The summed E-state index contributed by atoms with van der Waals surface area (Å²) in [6.07, 6.45) is 2.76. The number of ether oxygens (including phenoxy) is 1. The lowest BCUT2D eigenvalue weighted by molar-refractivity contribution is -0.384. The van der Waals surface area contributed by atoms with Crippen molar-refractivity contribution >= 4 is 23.3 Å². The molecule has 1 atom stereocenters. The fourth-order valence-corrected chi connectivity index (χ4v) is 2.81. The second kappa shape index (κ2) is 6.87. The van der Waals surface area contributed by atoms with E-state index in [9.17, 15) is 14.9 Å². The molecule has 7 heteroatoms. The van der Waals surface area contributed by atoms with Crippen LogP contribution >= 0.6 is 11.6 Å². The molecule has 1 aliphatic heterocycles. The number of benzene rings is 1. The molecule has 1 aromatic rings. The highest BCUT2D eigenvalue weighted by atomic mass is 35.5. The third-order valence-corrected chi connectivity index (χ3v) is 4.06. The Balaban J connectivity index is 2.15. The van der Waals surface area contributed by atoms with Crippen LogP contribution in [0.25, 0.3) is 0 Å². The zero-order valence-electron chi connectivity index (χ0n) is 11.8. The van der Waals surface area contributed by atoms with E-state index in [0.29, 0.717) is 11.6 Å². The lowest BCUT2D eigenvalue weighted by atomic mass is 10.0. The van der Waals surface area contributed by atoms with E-state index in [1.807, 2.05) is 4.90 Å². The number of halogens is 1. The topological polar surface area (TPSA) is 72.7 Å². The van der Waals surface area contributed by atoms with E-state index < -0.39 is 4.92 Å². The lowest BCUT2D eigenvalue weighted by Gasteiger charge is -2.33. The molecule has 1 heterocycles. The molecule has 0 unspecified atom stereocenters. The van der Waals surface area contributed by atoms with Gasteiger partial charge in [-0.15, -0.1) is 0 Å². The minimum absolute atomic E-state index is 0.0353. The fourth-order valence-electron chi connectivity index (χ4n) is 2.58. The molecular formula is C14H17ClN2O4. The first-order valence-corrected chi connectivity index (χ1v) is 7.15. The summed E-state index contributed by atoms with van der Waals surface area (Å²) in [7, 11) is 1.38. The van der Waals surface area contributed by atoms with Crippen molar-refractivity contribution in [2.75, 3.05) is 13.7 Å². The molecule has 114 valence electrons. The van der Waals surface area contributed by atoms with Crippen LogP contribution in [-0.4, -0.2) is 35.5 Å². The number of methoxy groups -OCH3 is 1. The van der Waals surface area contributed by atoms with Crippen LogP contribution in [0.5, 0.6) is 0 Å². The Bertz CT molecular complexity index is 550. The summed E-state index contributed by atoms with van der Waals surface area (Å²) in [5.41, 5.74) is 0.741. The van der Waals surface area contributed by atoms with E-state index in [2.05, 4.69) is 0 Å². The maximum absolute atomic E-state index is 11.8. The highest BCUT2D eigenvalue weighted by molar-refractivity contribution is 6.31. The number of nitro groups is 1. The summed E-state index contributed by atoms with van der Waals surface area (Å²) in [6, 6.07) is 4.14. The van der Waals surface area contributed by atoms with Gasteiger partial charge in [-0.2, -0.15) is 0 Å². The van der Waals surface area contributed by atoms with Gasteiger partial charge in [-0.3, -0.25) is 19.8 Å². The number of esters is 1. The van der Waals surface area contributed by atoms with E-state index >= 15 is 0 Å². The third kappa shape index (κ3) is 3.71. The number of hydrogen-bond acceptors (Lipinski definition) is 5. The van der Waals surface area contributed by atoms with E-state index in [1.54, 1.807) is 6.07 Å². The van der Waals surface area contributed by atoms with E-state index in [-0.39, 0.29) is 17.7 Å². The molecule has 0 spiro atoms. The van der Waals surface area contributed by atoms with Gasteiger partial charge in [-0.1, -0.05) is 18.0 Å². The number of carbonyl (C=O) groups excluding carboxylic acids is 1. The quantitative estimate of drug-likeness (QED) is 0.485. The number of non-ortho nitro benzene ring substituents is 1. The Hall–Kier alpha value is -1.66. The first-order chi connectivity index (χ1) is 10.0. The minimum atomic E-state index is -0.478. The maximum atomic E-state index is 11.8. The molecule has 0 aliphatic carbocycles. The summed E-state index contributed by atoms with van der Waals surface area (Å²) in [5.74, 6) is -0.243. The van der Waals surface area contributed by atoms with Crippen molar-refractivity contribution in [1.29, 1.82) is 0 Å². The number of nitro benzene ring substituents is 1. The summed E-state index contributed by atoms with van der Waals surface area (Å²) in [4.78, 5) is 24.1. The van der Waals surface area contributed by atoms with Crippen molar-refractivity contribution in [2.45, 2.75) is 31.8 Å². The Morgan fingerprint density at radius 1 is 1.52 bits per heavy atom. The highest BCUT2D eigenvalue weighted by Crippen LogP contribution is 2.26. The molecular weight excluding hydrogens is 296 g/mol. The van der Waals surface area contributed by atoms with Gasteiger partial charge in [-0.05, 0) is 31.0 Å². The average Bonchev–Trinajstić information content (AvgIpc) is 2.49.